The van der Waals surface area contributed by atoms with Gasteiger partial charge in [-0.25, -0.2) is 0 Å². The number of likely N-dealkylation sites (tertiary alicyclic amines) is 1. The summed E-state index contributed by atoms with van der Waals surface area (Å²) in [4.78, 5) is 2.47. The summed E-state index contributed by atoms with van der Waals surface area (Å²) in [6.45, 7) is 2.38. The summed E-state index contributed by atoms with van der Waals surface area (Å²) in [5.41, 5.74) is 2.27. The lowest BCUT2D eigenvalue weighted by Crippen LogP contribution is -2.47. The van der Waals surface area contributed by atoms with Crippen LogP contribution in [0.5, 0.6) is 0 Å². The molecular formula is C23H29NO3. The van der Waals surface area contributed by atoms with Crippen LogP contribution in [-0.2, 0) is 15.3 Å². The van der Waals surface area contributed by atoms with Crippen LogP contribution in [0.4, 0.5) is 0 Å². The van der Waals surface area contributed by atoms with Crippen molar-refractivity contribution in [3.05, 3.63) is 71.8 Å². The number of ether oxygens (including phenoxy) is 2. The fraction of sp³-hybridized carbons (Fsp3) is 0.478. The number of piperidine rings is 1. The topological polar surface area (TPSA) is 41.9 Å². The first-order chi connectivity index (χ1) is 13.3. The van der Waals surface area contributed by atoms with Gasteiger partial charge in [-0.15, -0.1) is 0 Å². The third-order valence-corrected chi connectivity index (χ3v) is 5.90. The molecule has 0 saturated carbocycles. The Morgan fingerprint density at radius 1 is 0.963 bits per heavy atom. The molecular weight excluding hydrogens is 338 g/mol. The monoisotopic (exact) mass is 367 g/mol. The maximum Gasteiger partial charge on any atom is 0.196 e. The quantitative estimate of drug-likeness (QED) is 0.842. The molecule has 2 aromatic carbocycles. The minimum atomic E-state index is -0.668. The summed E-state index contributed by atoms with van der Waals surface area (Å²) in [5, 5.41) is 10.2. The summed E-state index contributed by atoms with van der Waals surface area (Å²) in [7, 11) is 0. The first-order valence-corrected chi connectivity index (χ1v) is 10.1. The van der Waals surface area contributed by atoms with Crippen LogP contribution in [0.1, 0.15) is 42.9 Å². The van der Waals surface area contributed by atoms with Crippen LogP contribution >= 0.6 is 0 Å². The van der Waals surface area contributed by atoms with E-state index in [2.05, 4.69) is 29.2 Å². The second-order valence-corrected chi connectivity index (χ2v) is 7.52. The average Bonchev–Trinajstić information content (AvgIpc) is 3.21. The molecule has 2 atom stereocenters. The van der Waals surface area contributed by atoms with E-state index in [4.69, 9.17) is 9.47 Å². The Morgan fingerprint density at radius 2 is 1.63 bits per heavy atom. The number of benzene rings is 2. The van der Waals surface area contributed by atoms with Gasteiger partial charge in [0.1, 0.15) is 0 Å². The number of aliphatic hydroxyl groups is 1. The van der Waals surface area contributed by atoms with Gasteiger partial charge in [-0.1, -0.05) is 67.1 Å². The van der Waals surface area contributed by atoms with Gasteiger partial charge in [-0.05, 0) is 24.9 Å². The van der Waals surface area contributed by atoms with Crippen LogP contribution in [0.3, 0.4) is 0 Å². The van der Waals surface area contributed by atoms with Crippen LogP contribution in [-0.4, -0.2) is 42.4 Å². The summed E-state index contributed by atoms with van der Waals surface area (Å²) < 4.78 is 12.4. The third kappa shape index (κ3) is 3.94. The molecule has 144 valence electrons. The van der Waals surface area contributed by atoms with E-state index in [1.54, 1.807) is 0 Å². The average molecular weight is 367 g/mol. The third-order valence-electron chi connectivity index (χ3n) is 5.90. The van der Waals surface area contributed by atoms with Crippen LogP contribution in [0, 0.1) is 0 Å². The molecule has 27 heavy (non-hydrogen) atoms. The molecule has 2 aromatic rings. The van der Waals surface area contributed by atoms with E-state index >= 15 is 0 Å². The minimum absolute atomic E-state index is 0.0192. The number of hydrogen-bond acceptors (Lipinski definition) is 4. The van der Waals surface area contributed by atoms with Gasteiger partial charge in [-0.3, -0.25) is 4.90 Å². The van der Waals surface area contributed by atoms with Crippen LogP contribution in [0.15, 0.2) is 60.7 Å². The SMILES string of the molecule is OC[C@@H](c1ccccc1)N1CCCC[C@H]1CC1(c2ccccc2)OCCO1. The van der Waals surface area contributed by atoms with Gasteiger partial charge < -0.3 is 14.6 Å². The van der Waals surface area contributed by atoms with Gasteiger partial charge in [0, 0.05) is 18.0 Å². The number of rotatable bonds is 6. The van der Waals surface area contributed by atoms with Gasteiger partial charge in [-0.2, -0.15) is 0 Å². The Hall–Kier alpha value is -1.72. The minimum Gasteiger partial charge on any atom is -0.394 e. The lowest BCUT2D eigenvalue weighted by molar-refractivity contribution is -0.185. The Morgan fingerprint density at radius 3 is 2.30 bits per heavy atom. The van der Waals surface area contributed by atoms with Crippen molar-refractivity contribution in [2.24, 2.45) is 0 Å². The molecule has 2 heterocycles. The van der Waals surface area contributed by atoms with Gasteiger partial charge in [0.15, 0.2) is 5.79 Å². The van der Waals surface area contributed by atoms with Crippen molar-refractivity contribution < 1.29 is 14.6 Å². The Labute approximate surface area is 161 Å². The molecule has 0 bridgehead atoms. The molecule has 0 radical (unpaired) electrons. The normalized spacial score (nSPS) is 24.0. The van der Waals surface area contributed by atoms with E-state index in [1.165, 1.54) is 18.4 Å². The number of hydrogen-bond donors (Lipinski definition) is 1. The van der Waals surface area contributed by atoms with Crippen molar-refractivity contribution in [2.75, 3.05) is 26.4 Å². The van der Waals surface area contributed by atoms with Crippen molar-refractivity contribution in [1.29, 1.82) is 0 Å². The second-order valence-electron chi connectivity index (χ2n) is 7.52. The predicted molar refractivity (Wildman–Crippen MR) is 105 cm³/mol. The van der Waals surface area contributed by atoms with Crippen molar-refractivity contribution in [1.82, 2.24) is 4.90 Å². The lowest BCUT2D eigenvalue weighted by Gasteiger charge is -2.44. The van der Waals surface area contributed by atoms with E-state index < -0.39 is 5.79 Å². The van der Waals surface area contributed by atoms with Crippen LogP contribution in [0.25, 0.3) is 0 Å². The number of nitrogens with zero attached hydrogens (tertiary/aromatic N) is 1. The zero-order chi connectivity index (χ0) is 18.5. The highest BCUT2D eigenvalue weighted by Gasteiger charge is 2.43. The van der Waals surface area contributed by atoms with E-state index in [1.807, 2.05) is 36.4 Å². The predicted octanol–water partition coefficient (Wildman–Crippen LogP) is 3.86. The van der Waals surface area contributed by atoms with Crippen LogP contribution in [0.2, 0.25) is 0 Å². The molecule has 4 nitrogen and oxygen atoms in total. The maximum atomic E-state index is 10.2. The molecule has 2 fully saturated rings. The molecule has 0 aromatic heterocycles. The zero-order valence-corrected chi connectivity index (χ0v) is 15.8. The van der Waals surface area contributed by atoms with Gasteiger partial charge in [0.2, 0.25) is 0 Å². The fourth-order valence-electron chi connectivity index (χ4n) is 4.59. The molecule has 2 saturated heterocycles. The zero-order valence-electron chi connectivity index (χ0n) is 15.8. The van der Waals surface area contributed by atoms with E-state index in [0.29, 0.717) is 19.3 Å². The smallest absolute Gasteiger partial charge is 0.196 e. The molecule has 4 rings (SSSR count). The van der Waals surface area contributed by atoms with Crippen molar-refractivity contribution in [3.63, 3.8) is 0 Å². The molecule has 0 amide bonds. The summed E-state index contributed by atoms with van der Waals surface area (Å²) >= 11 is 0. The first-order valence-electron chi connectivity index (χ1n) is 10.1. The second kappa shape index (κ2) is 8.53. The van der Waals surface area contributed by atoms with Gasteiger partial charge in [0.05, 0.1) is 25.9 Å². The summed E-state index contributed by atoms with van der Waals surface area (Å²) in [5.74, 6) is -0.668. The van der Waals surface area contributed by atoms with E-state index in [0.717, 1.165) is 24.9 Å². The number of aliphatic hydroxyl groups excluding tert-OH is 1. The Bertz CT molecular complexity index is 700. The molecule has 2 aliphatic rings. The lowest BCUT2D eigenvalue weighted by atomic mass is 9.89. The van der Waals surface area contributed by atoms with Gasteiger partial charge in [0.25, 0.3) is 0 Å². The largest absolute Gasteiger partial charge is 0.394 e. The van der Waals surface area contributed by atoms with Gasteiger partial charge >= 0.3 is 0 Å². The fourth-order valence-corrected chi connectivity index (χ4v) is 4.59. The van der Waals surface area contributed by atoms with Crippen LogP contribution < -0.4 is 0 Å². The standard InChI is InChI=1S/C23H29NO3/c25-18-22(19-9-3-1-4-10-19)24-14-8-7-13-21(24)17-23(26-15-16-27-23)20-11-5-2-6-12-20/h1-6,9-12,21-22,25H,7-8,13-18H2/t21-,22-/m0/s1. The molecule has 4 heteroatoms. The molecule has 0 aliphatic carbocycles. The Kier molecular flexibility index (Phi) is 5.89. The molecule has 0 spiro atoms. The highest BCUT2D eigenvalue weighted by molar-refractivity contribution is 5.22. The van der Waals surface area contributed by atoms with E-state index in [-0.39, 0.29) is 12.6 Å². The van der Waals surface area contributed by atoms with E-state index in [9.17, 15) is 5.11 Å². The first kappa shape index (κ1) is 18.6. The maximum absolute atomic E-state index is 10.2. The highest BCUT2D eigenvalue weighted by atomic mass is 16.7. The van der Waals surface area contributed by atoms with Crippen molar-refractivity contribution in [3.8, 4) is 0 Å². The molecule has 2 aliphatic heterocycles. The molecule has 0 unspecified atom stereocenters. The van der Waals surface area contributed by atoms with Crippen molar-refractivity contribution in [2.45, 2.75) is 43.6 Å². The van der Waals surface area contributed by atoms with Crippen molar-refractivity contribution >= 4 is 0 Å². The molecule has 1 N–H and O–H groups in total. The highest BCUT2D eigenvalue weighted by Crippen LogP contribution is 2.40. The summed E-state index contributed by atoms with van der Waals surface area (Å²) in [6, 6.07) is 21.0. The summed E-state index contributed by atoms with van der Waals surface area (Å²) in [6.07, 6.45) is 4.27. The Balaban J connectivity index is 1.60.